The van der Waals surface area contributed by atoms with Gasteiger partial charge in [0, 0.05) is 31.4 Å². The molecule has 0 bridgehead atoms. The SMILES string of the molecule is Cc1nn(C)c(CC2(CCl)CCOC2C)c1Cl. The monoisotopic (exact) mass is 276 g/mol. The van der Waals surface area contributed by atoms with Gasteiger partial charge in [-0.05, 0) is 20.3 Å². The number of hydrogen-bond donors (Lipinski definition) is 0. The van der Waals surface area contributed by atoms with E-state index in [1.54, 1.807) is 0 Å². The number of alkyl halides is 1. The lowest BCUT2D eigenvalue weighted by Crippen LogP contribution is -2.34. The number of aromatic nitrogens is 2. The molecule has 1 aromatic rings. The Bertz CT molecular complexity index is 419. The third kappa shape index (κ3) is 2.20. The molecule has 2 unspecified atom stereocenters. The summed E-state index contributed by atoms with van der Waals surface area (Å²) in [6.45, 7) is 4.79. The Morgan fingerprint density at radius 2 is 2.29 bits per heavy atom. The van der Waals surface area contributed by atoms with E-state index in [9.17, 15) is 0 Å². The van der Waals surface area contributed by atoms with Crippen molar-refractivity contribution in [2.45, 2.75) is 32.8 Å². The van der Waals surface area contributed by atoms with Crippen LogP contribution in [-0.2, 0) is 18.2 Å². The van der Waals surface area contributed by atoms with Crippen LogP contribution >= 0.6 is 23.2 Å². The van der Waals surface area contributed by atoms with E-state index >= 15 is 0 Å². The summed E-state index contributed by atoms with van der Waals surface area (Å²) >= 11 is 12.5. The first kappa shape index (κ1) is 13.2. The lowest BCUT2D eigenvalue weighted by atomic mass is 9.79. The first-order chi connectivity index (χ1) is 8.00. The molecule has 3 nitrogen and oxygen atoms in total. The average molecular weight is 277 g/mol. The van der Waals surface area contributed by atoms with Gasteiger partial charge < -0.3 is 4.74 Å². The molecule has 1 fully saturated rings. The molecule has 0 aliphatic carbocycles. The molecule has 0 spiro atoms. The van der Waals surface area contributed by atoms with Crippen LogP contribution in [0.3, 0.4) is 0 Å². The van der Waals surface area contributed by atoms with Crippen LogP contribution in [-0.4, -0.2) is 28.4 Å². The van der Waals surface area contributed by atoms with Gasteiger partial charge in [0.1, 0.15) is 0 Å². The zero-order chi connectivity index (χ0) is 12.6. The number of ether oxygens (including phenoxy) is 1. The smallest absolute Gasteiger partial charge is 0.0847 e. The standard InChI is InChI=1S/C12H18Cl2N2O/c1-8-11(14)10(16(3)15-8)6-12(7-13)4-5-17-9(12)2/h9H,4-7H2,1-3H3. The second-order valence-corrected chi connectivity index (χ2v) is 5.55. The molecular formula is C12H18Cl2N2O. The first-order valence-electron chi connectivity index (χ1n) is 5.86. The van der Waals surface area contributed by atoms with Crippen LogP contribution in [0.15, 0.2) is 0 Å². The van der Waals surface area contributed by atoms with Crippen molar-refractivity contribution in [3.8, 4) is 0 Å². The van der Waals surface area contributed by atoms with Crippen molar-refractivity contribution in [3.63, 3.8) is 0 Å². The maximum atomic E-state index is 6.29. The van der Waals surface area contributed by atoms with E-state index in [0.29, 0.717) is 5.88 Å². The molecule has 0 amide bonds. The Labute approximate surface area is 112 Å². The fourth-order valence-electron chi connectivity index (χ4n) is 2.48. The number of aryl methyl sites for hydroxylation is 2. The van der Waals surface area contributed by atoms with Gasteiger partial charge in [-0.3, -0.25) is 4.68 Å². The third-order valence-corrected chi connectivity index (χ3v) is 4.90. The van der Waals surface area contributed by atoms with E-state index < -0.39 is 0 Å². The highest BCUT2D eigenvalue weighted by Crippen LogP contribution is 2.40. The zero-order valence-corrected chi connectivity index (χ0v) is 12.0. The maximum Gasteiger partial charge on any atom is 0.0847 e. The normalized spacial score (nSPS) is 28.9. The predicted octanol–water partition coefficient (Wildman–Crippen LogP) is 2.96. The summed E-state index contributed by atoms with van der Waals surface area (Å²) in [6, 6.07) is 0. The van der Waals surface area contributed by atoms with Gasteiger partial charge in [-0.2, -0.15) is 5.10 Å². The Hall–Kier alpha value is -0.250. The fraction of sp³-hybridized carbons (Fsp3) is 0.750. The summed E-state index contributed by atoms with van der Waals surface area (Å²) in [6.07, 6.45) is 1.98. The molecule has 1 saturated heterocycles. The number of hydrogen-bond acceptors (Lipinski definition) is 2. The molecule has 96 valence electrons. The summed E-state index contributed by atoms with van der Waals surface area (Å²) in [5.41, 5.74) is 1.92. The largest absolute Gasteiger partial charge is 0.378 e. The Morgan fingerprint density at radius 3 is 2.71 bits per heavy atom. The van der Waals surface area contributed by atoms with E-state index in [1.807, 2.05) is 18.7 Å². The van der Waals surface area contributed by atoms with Crippen molar-refractivity contribution >= 4 is 23.2 Å². The van der Waals surface area contributed by atoms with Crippen LogP contribution in [0, 0.1) is 12.3 Å². The van der Waals surface area contributed by atoms with Crippen LogP contribution in [0.4, 0.5) is 0 Å². The molecule has 2 rings (SSSR count). The van der Waals surface area contributed by atoms with E-state index in [4.69, 9.17) is 27.9 Å². The van der Waals surface area contributed by atoms with Crippen LogP contribution in [0.25, 0.3) is 0 Å². The van der Waals surface area contributed by atoms with Crippen LogP contribution in [0.5, 0.6) is 0 Å². The molecule has 0 aromatic carbocycles. The lowest BCUT2D eigenvalue weighted by molar-refractivity contribution is 0.0727. The zero-order valence-electron chi connectivity index (χ0n) is 10.5. The highest BCUT2D eigenvalue weighted by atomic mass is 35.5. The lowest BCUT2D eigenvalue weighted by Gasteiger charge is -2.30. The molecule has 2 heterocycles. The summed E-state index contributed by atoms with van der Waals surface area (Å²) < 4.78 is 7.52. The molecule has 17 heavy (non-hydrogen) atoms. The van der Waals surface area contributed by atoms with Gasteiger partial charge in [0.15, 0.2) is 0 Å². The number of rotatable bonds is 3. The van der Waals surface area contributed by atoms with E-state index in [1.165, 1.54) is 0 Å². The molecular weight excluding hydrogens is 259 g/mol. The van der Waals surface area contributed by atoms with Gasteiger partial charge >= 0.3 is 0 Å². The van der Waals surface area contributed by atoms with Gasteiger partial charge in [-0.25, -0.2) is 0 Å². The van der Waals surface area contributed by atoms with Gasteiger partial charge in [0.2, 0.25) is 0 Å². The molecule has 1 aliphatic rings. The van der Waals surface area contributed by atoms with Crippen molar-refractivity contribution in [2.24, 2.45) is 12.5 Å². The summed E-state index contributed by atoms with van der Waals surface area (Å²) in [5.74, 6) is 0.592. The summed E-state index contributed by atoms with van der Waals surface area (Å²) in [7, 11) is 1.93. The molecule has 5 heteroatoms. The minimum Gasteiger partial charge on any atom is -0.378 e. The summed E-state index contributed by atoms with van der Waals surface area (Å²) in [4.78, 5) is 0. The maximum absolute atomic E-state index is 6.29. The summed E-state index contributed by atoms with van der Waals surface area (Å²) in [5, 5.41) is 5.10. The van der Waals surface area contributed by atoms with Gasteiger partial charge in [0.25, 0.3) is 0 Å². The van der Waals surface area contributed by atoms with E-state index in [-0.39, 0.29) is 11.5 Å². The van der Waals surface area contributed by atoms with Crippen molar-refractivity contribution in [1.29, 1.82) is 0 Å². The highest BCUT2D eigenvalue weighted by Gasteiger charge is 2.42. The Morgan fingerprint density at radius 1 is 1.59 bits per heavy atom. The Kier molecular flexibility index (Phi) is 3.71. The minimum absolute atomic E-state index is 0.00850. The van der Waals surface area contributed by atoms with Crippen molar-refractivity contribution in [1.82, 2.24) is 9.78 Å². The van der Waals surface area contributed by atoms with Gasteiger partial charge in [0.05, 0.1) is 22.5 Å². The molecule has 1 aliphatic heterocycles. The fourth-order valence-corrected chi connectivity index (χ4v) is 3.15. The number of halogens is 2. The predicted molar refractivity (Wildman–Crippen MR) is 69.8 cm³/mol. The van der Waals surface area contributed by atoms with E-state index in [2.05, 4.69) is 12.0 Å². The number of nitrogens with zero attached hydrogens (tertiary/aromatic N) is 2. The molecule has 0 radical (unpaired) electrons. The first-order valence-corrected chi connectivity index (χ1v) is 6.77. The average Bonchev–Trinajstić information content (AvgIpc) is 2.76. The highest BCUT2D eigenvalue weighted by molar-refractivity contribution is 6.31. The molecule has 1 aromatic heterocycles. The topological polar surface area (TPSA) is 27.1 Å². The van der Waals surface area contributed by atoms with Crippen molar-refractivity contribution < 1.29 is 4.74 Å². The third-order valence-electron chi connectivity index (χ3n) is 3.88. The van der Waals surface area contributed by atoms with Crippen molar-refractivity contribution in [2.75, 3.05) is 12.5 Å². The van der Waals surface area contributed by atoms with Crippen LogP contribution in [0.2, 0.25) is 5.02 Å². The Balaban J connectivity index is 2.30. The van der Waals surface area contributed by atoms with Crippen LogP contribution in [0.1, 0.15) is 24.7 Å². The molecule has 0 saturated carbocycles. The molecule has 2 atom stereocenters. The second kappa shape index (κ2) is 4.79. The van der Waals surface area contributed by atoms with Crippen molar-refractivity contribution in [3.05, 3.63) is 16.4 Å². The van der Waals surface area contributed by atoms with Crippen LogP contribution < -0.4 is 0 Å². The van der Waals surface area contributed by atoms with Gasteiger partial charge in [-0.1, -0.05) is 11.6 Å². The van der Waals surface area contributed by atoms with Gasteiger partial charge in [-0.15, -0.1) is 11.6 Å². The van der Waals surface area contributed by atoms with E-state index in [0.717, 1.165) is 35.9 Å². The quantitative estimate of drug-likeness (QED) is 0.794. The minimum atomic E-state index is -0.00850. The second-order valence-electron chi connectivity index (χ2n) is 4.91. The molecule has 0 N–H and O–H groups in total.